The van der Waals surface area contributed by atoms with E-state index in [4.69, 9.17) is 13.9 Å². The Bertz CT molecular complexity index is 756. The Morgan fingerprint density at radius 3 is 2.56 bits per heavy atom. The fraction of sp³-hybridized carbons (Fsp3) is 0.500. The molecule has 146 valence electrons. The zero-order valence-electron chi connectivity index (χ0n) is 17.0. The molecule has 0 aromatic heterocycles. The molecule has 0 bridgehead atoms. The minimum absolute atomic E-state index is 0.0820. The lowest BCUT2D eigenvalue weighted by Gasteiger charge is -2.39. The molecule has 0 saturated carbocycles. The average Bonchev–Trinajstić information content (AvgIpc) is 2.87. The van der Waals surface area contributed by atoms with E-state index in [0.29, 0.717) is 26.2 Å². The predicted molar refractivity (Wildman–Crippen MR) is 109 cm³/mol. The maximum absolute atomic E-state index is 12.0. The monoisotopic (exact) mass is 386 g/mol. The molecule has 0 fully saturated rings. The van der Waals surface area contributed by atoms with Gasteiger partial charge < -0.3 is 13.9 Å². The van der Waals surface area contributed by atoms with E-state index in [-0.39, 0.29) is 16.9 Å². The van der Waals surface area contributed by atoms with Crippen LogP contribution in [-0.4, -0.2) is 33.4 Å². The molecule has 2 aliphatic rings. The summed E-state index contributed by atoms with van der Waals surface area (Å²) in [5, 5.41) is 0.0820. The molecular formula is C22H30O4Si. The minimum atomic E-state index is -2.02. The van der Waals surface area contributed by atoms with Crippen molar-refractivity contribution >= 4 is 14.1 Å². The molecule has 4 nitrogen and oxygen atoms in total. The van der Waals surface area contributed by atoms with Crippen LogP contribution in [0.25, 0.3) is 0 Å². The van der Waals surface area contributed by atoms with Gasteiger partial charge in [0.15, 0.2) is 14.1 Å². The zero-order valence-corrected chi connectivity index (χ0v) is 18.0. The molecule has 0 amide bonds. The molecule has 27 heavy (non-hydrogen) atoms. The molecule has 5 heteroatoms. The second kappa shape index (κ2) is 7.74. The summed E-state index contributed by atoms with van der Waals surface area (Å²) in [6.07, 6.45) is 1.79. The van der Waals surface area contributed by atoms with Crippen LogP contribution in [0.2, 0.25) is 18.1 Å². The maximum Gasteiger partial charge on any atom is 0.193 e. The Balaban J connectivity index is 1.90. The quantitative estimate of drug-likeness (QED) is 0.683. The highest BCUT2D eigenvalue weighted by atomic mass is 28.4. The molecule has 1 aliphatic carbocycles. The normalized spacial score (nSPS) is 21.0. The Hall–Kier alpha value is -1.69. The summed E-state index contributed by atoms with van der Waals surface area (Å²) >= 11 is 0. The number of rotatable bonds is 5. The van der Waals surface area contributed by atoms with E-state index in [0.717, 1.165) is 22.5 Å². The van der Waals surface area contributed by atoms with Crippen molar-refractivity contribution in [2.45, 2.75) is 58.0 Å². The number of benzene rings is 1. The first kappa shape index (κ1) is 20.1. The molecule has 1 aromatic carbocycles. The van der Waals surface area contributed by atoms with Crippen LogP contribution < -0.4 is 0 Å². The average molecular weight is 387 g/mol. The second-order valence-corrected chi connectivity index (χ2v) is 13.6. The first-order valence-corrected chi connectivity index (χ1v) is 12.5. The molecule has 0 saturated heterocycles. The number of hydrogen-bond acceptors (Lipinski definition) is 4. The van der Waals surface area contributed by atoms with Gasteiger partial charge in [0, 0.05) is 12.0 Å². The van der Waals surface area contributed by atoms with Crippen molar-refractivity contribution in [1.82, 2.24) is 0 Å². The fourth-order valence-electron chi connectivity index (χ4n) is 3.08. The summed E-state index contributed by atoms with van der Waals surface area (Å²) in [5.74, 6) is 0.885. The van der Waals surface area contributed by atoms with Gasteiger partial charge in [-0.1, -0.05) is 51.1 Å². The third-order valence-electron chi connectivity index (χ3n) is 5.67. The molecule has 1 aromatic rings. The molecule has 1 atom stereocenters. The number of hydrogen-bond donors (Lipinski definition) is 0. The van der Waals surface area contributed by atoms with Crippen molar-refractivity contribution < 1.29 is 18.7 Å². The van der Waals surface area contributed by atoms with Gasteiger partial charge in [-0.15, -0.1) is 0 Å². The number of carbonyl (C=O) groups excluding carboxylic acids is 1. The lowest BCUT2D eigenvalue weighted by Crippen LogP contribution is -2.45. The first-order chi connectivity index (χ1) is 12.7. The van der Waals surface area contributed by atoms with Crippen molar-refractivity contribution in [3.05, 3.63) is 58.9 Å². The van der Waals surface area contributed by atoms with Crippen LogP contribution in [-0.2, 0) is 25.3 Å². The molecule has 0 N–H and O–H groups in total. The van der Waals surface area contributed by atoms with E-state index in [1.807, 2.05) is 30.3 Å². The SMILES string of the molecule is CC(C)(C)[Si](C)(C)OC1COCC2=CC(=O)CC2=C1OCc1ccccc1. The van der Waals surface area contributed by atoms with Crippen LogP contribution in [0.3, 0.4) is 0 Å². The van der Waals surface area contributed by atoms with Crippen LogP contribution in [0.4, 0.5) is 0 Å². The Kier molecular flexibility index (Phi) is 5.75. The minimum Gasteiger partial charge on any atom is -0.490 e. The Labute approximate surface area is 163 Å². The van der Waals surface area contributed by atoms with Gasteiger partial charge in [-0.05, 0) is 35.3 Å². The summed E-state index contributed by atoms with van der Waals surface area (Å²) in [6.45, 7) is 12.5. The Morgan fingerprint density at radius 1 is 1.19 bits per heavy atom. The van der Waals surface area contributed by atoms with E-state index in [9.17, 15) is 4.79 Å². The summed E-state index contributed by atoms with van der Waals surface area (Å²) in [5.41, 5.74) is 2.98. The van der Waals surface area contributed by atoms with E-state index >= 15 is 0 Å². The third kappa shape index (κ3) is 4.59. The molecule has 0 radical (unpaired) electrons. The molecule has 0 spiro atoms. The molecular weight excluding hydrogens is 356 g/mol. The van der Waals surface area contributed by atoms with Crippen molar-refractivity contribution in [1.29, 1.82) is 0 Å². The molecule has 3 rings (SSSR count). The Morgan fingerprint density at radius 2 is 1.89 bits per heavy atom. The summed E-state index contributed by atoms with van der Waals surface area (Å²) in [6, 6.07) is 10.1. The molecule has 1 aliphatic heterocycles. The van der Waals surface area contributed by atoms with Crippen LogP contribution >= 0.6 is 0 Å². The van der Waals surface area contributed by atoms with Crippen LogP contribution in [0.15, 0.2) is 53.3 Å². The highest BCUT2D eigenvalue weighted by Gasteiger charge is 2.42. The van der Waals surface area contributed by atoms with E-state index in [2.05, 4.69) is 33.9 Å². The van der Waals surface area contributed by atoms with E-state index < -0.39 is 8.32 Å². The number of allylic oxidation sites excluding steroid dienone is 1. The lowest BCUT2D eigenvalue weighted by atomic mass is 10.1. The number of ketones is 1. The van der Waals surface area contributed by atoms with Gasteiger partial charge >= 0.3 is 0 Å². The van der Waals surface area contributed by atoms with Gasteiger partial charge in [-0.25, -0.2) is 0 Å². The standard InChI is InChI=1S/C22H30O4Si/c1-22(2,3)27(4,5)26-20-15-24-14-17-11-18(23)12-19(17)21(20)25-13-16-9-7-6-8-10-16/h6-11,20H,12-15H2,1-5H3. The smallest absolute Gasteiger partial charge is 0.193 e. The van der Waals surface area contributed by atoms with Crippen molar-refractivity contribution in [2.75, 3.05) is 13.2 Å². The molecule has 1 heterocycles. The highest BCUT2D eigenvalue weighted by Crippen LogP contribution is 2.40. The summed E-state index contributed by atoms with van der Waals surface area (Å²) in [7, 11) is -2.02. The van der Waals surface area contributed by atoms with E-state index in [1.165, 1.54) is 0 Å². The fourth-order valence-corrected chi connectivity index (χ4v) is 4.32. The first-order valence-electron chi connectivity index (χ1n) is 9.56. The predicted octanol–water partition coefficient (Wildman–Crippen LogP) is 4.78. The maximum atomic E-state index is 12.0. The number of ether oxygens (including phenoxy) is 2. The highest BCUT2D eigenvalue weighted by molar-refractivity contribution is 6.74. The van der Waals surface area contributed by atoms with Gasteiger partial charge in [0.25, 0.3) is 0 Å². The van der Waals surface area contributed by atoms with Gasteiger partial charge in [0.05, 0.1) is 13.2 Å². The van der Waals surface area contributed by atoms with Gasteiger partial charge in [0.1, 0.15) is 18.5 Å². The van der Waals surface area contributed by atoms with Crippen molar-refractivity contribution in [2.24, 2.45) is 0 Å². The van der Waals surface area contributed by atoms with Crippen molar-refractivity contribution in [3.8, 4) is 0 Å². The van der Waals surface area contributed by atoms with Crippen molar-refractivity contribution in [3.63, 3.8) is 0 Å². The lowest BCUT2D eigenvalue weighted by molar-refractivity contribution is -0.113. The van der Waals surface area contributed by atoms with Crippen LogP contribution in [0, 0.1) is 0 Å². The second-order valence-electron chi connectivity index (χ2n) is 8.81. The zero-order chi connectivity index (χ0) is 19.7. The topological polar surface area (TPSA) is 44.8 Å². The van der Waals surface area contributed by atoms with Crippen LogP contribution in [0.1, 0.15) is 32.8 Å². The van der Waals surface area contributed by atoms with Crippen LogP contribution in [0.5, 0.6) is 0 Å². The summed E-state index contributed by atoms with van der Waals surface area (Å²) < 4.78 is 18.8. The van der Waals surface area contributed by atoms with E-state index in [1.54, 1.807) is 6.08 Å². The number of fused-ring (bicyclic) bond motifs is 1. The largest absolute Gasteiger partial charge is 0.490 e. The van der Waals surface area contributed by atoms with Gasteiger partial charge in [-0.2, -0.15) is 0 Å². The third-order valence-corrected chi connectivity index (χ3v) is 10.2. The number of carbonyl (C=O) groups is 1. The van der Waals surface area contributed by atoms with Gasteiger partial charge in [0.2, 0.25) is 0 Å². The van der Waals surface area contributed by atoms with Gasteiger partial charge in [-0.3, -0.25) is 4.79 Å². The molecule has 1 unspecified atom stereocenters. The summed E-state index contributed by atoms with van der Waals surface area (Å²) in [4.78, 5) is 12.0.